The molecular formula is C24H22N4O4. The molecule has 32 heavy (non-hydrogen) atoms. The maximum atomic E-state index is 13.1. The van der Waals surface area contributed by atoms with Crippen molar-refractivity contribution in [3.05, 3.63) is 79.1 Å². The van der Waals surface area contributed by atoms with Gasteiger partial charge in [-0.25, -0.2) is 4.79 Å². The van der Waals surface area contributed by atoms with Gasteiger partial charge in [-0.15, -0.1) is 0 Å². The van der Waals surface area contributed by atoms with Crippen LogP contribution in [0.2, 0.25) is 0 Å². The molecule has 2 heterocycles. The first kappa shape index (κ1) is 21.0. The lowest BCUT2D eigenvalue weighted by Crippen LogP contribution is -2.38. The molecule has 0 radical (unpaired) electrons. The summed E-state index contributed by atoms with van der Waals surface area (Å²) in [5.74, 6) is 0.514. The summed E-state index contributed by atoms with van der Waals surface area (Å²) >= 11 is 0. The fourth-order valence-electron chi connectivity index (χ4n) is 3.25. The number of nitrogens with zero attached hydrogens (tertiary/aromatic N) is 3. The Hall–Kier alpha value is -4.20. The fraction of sp³-hybridized carbons (Fsp3) is 0.167. The lowest BCUT2D eigenvalue weighted by atomic mass is 10.1. The summed E-state index contributed by atoms with van der Waals surface area (Å²) < 4.78 is 10.8. The van der Waals surface area contributed by atoms with Gasteiger partial charge in [0.25, 0.3) is 0 Å². The number of carbonyl (C=O) groups excluding carboxylic acids is 2. The third kappa shape index (κ3) is 4.92. The summed E-state index contributed by atoms with van der Waals surface area (Å²) in [5.41, 5.74) is 1.54. The van der Waals surface area contributed by atoms with Crippen LogP contribution in [0.15, 0.2) is 84.2 Å². The molecule has 0 spiro atoms. The first-order valence-corrected chi connectivity index (χ1v) is 10.2. The zero-order valence-electron chi connectivity index (χ0n) is 17.5. The maximum Gasteiger partial charge on any atom is 0.354 e. The highest BCUT2D eigenvalue weighted by Crippen LogP contribution is 2.27. The Kier molecular flexibility index (Phi) is 6.41. The standard InChI is InChI=1S/C24H22N4O4/c1-2-31-24(30)21-16-22(28(27-21)18-6-4-3-5-7-18)23(29)26-17-8-10-19(11-9-17)32-20-12-14-25-15-13-20/h3-15,22H,2,16H2,1H3,(H,26,29). The highest BCUT2D eigenvalue weighted by atomic mass is 16.5. The number of aromatic nitrogens is 1. The summed E-state index contributed by atoms with van der Waals surface area (Å²) in [4.78, 5) is 29.2. The van der Waals surface area contributed by atoms with Gasteiger partial charge in [0.15, 0.2) is 0 Å². The van der Waals surface area contributed by atoms with Gasteiger partial charge in [-0.2, -0.15) is 5.10 Å². The molecule has 1 aliphatic rings. The molecule has 8 heteroatoms. The van der Waals surface area contributed by atoms with Gasteiger partial charge in [0, 0.05) is 24.5 Å². The van der Waals surface area contributed by atoms with Gasteiger partial charge in [-0.1, -0.05) is 18.2 Å². The Morgan fingerprint density at radius 3 is 2.38 bits per heavy atom. The molecule has 4 rings (SSSR count). The lowest BCUT2D eigenvalue weighted by Gasteiger charge is -2.22. The van der Waals surface area contributed by atoms with Crippen LogP contribution >= 0.6 is 0 Å². The number of anilines is 2. The third-order valence-corrected chi connectivity index (χ3v) is 4.75. The zero-order chi connectivity index (χ0) is 22.3. The molecule has 3 aromatic rings. The summed E-state index contributed by atoms with van der Waals surface area (Å²) in [5, 5.41) is 8.82. The molecule has 0 aliphatic carbocycles. The van der Waals surface area contributed by atoms with E-state index in [0.29, 0.717) is 22.9 Å². The van der Waals surface area contributed by atoms with E-state index in [2.05, 4.69) is 15.4 Å². The molecule has 1 amide bonds. The van der Waals surface area contributed by atoms with E-state index < -0.39 is 12.0 Å². The number of para-hydroxylation sites is 1. The normalized spacial score (nSPS) is 15.1. The van der Waals surface area contributed by atoms with Crippen LogP contribution in [0.3, 0.4) is 0 Å². The number of esters is 1. The van der Waals surface area contributed by atoms with Gasteiger partial charge in [0.2, 0.25) is 5.91 Å². The van der Waals surface area contributed by atoms with E-state index in [9.17, 15) is 9.59 Å². The van der Waals surface area contributed by atoms with Crippen LogP contribution in [0.25, 0.3) is 0 Å². The van der Waals surface area contributed by atoms with Crippen molar-refractivity contribution in [1.82, 2.24) is 4.98 Å². The molecule has 0 saturated carbocycles. The summed E-state index contributed by atoms with van der Waals surface area (Å²) in [6.07, 6.45) is 3.45. The van der Waals surface area contributed by atoms with Crippen molar-refractivity contribution < 1.29 is 19.1 Å². The average molecular weight is 430 g/mol. The quantitative estimate of drug-likeness (QED) is 0.570. The molecule has 8 nitrogen and oxygen atoms in total. The van der Waals surface area contributed by atoms with Crippen LogP contribution in [0.4, 0.5) is 11.4 Å². The molecule has 1 N–H and O–H groups in total. The SMILES string of the molecule is CCOC(=O)C1=NN(c2ccccc2)C(C(=O)Nc2ccc(Oc3ccncc3)cc2)C1. The van der Waals surface area contributed by atoms with E-state index in [1.165, 1.54) is 0 Å². The van der Waals surface area contributed by atoms with Crippen molar-refractivity contribution in [2.24, 2.45) is 5.10 Å². The van der Waals surface area contributed by atoms with Gasteiger partial charge >= 0.3 is 5.97 Å². The summed E-state index contributed by atoms with van der Waals surface area (Å²) in [6.45, 7) is 1.97. The number of rotatable bonds is 7. The second kappa shape index (κ2) is 9.74. The summed E-state index contributed by atoms with van der Waals surface area (Å²) in [7, 11) is 0. The number of hydrogen-bond acceptors (Lipinski definition) is 7. The van der Waals surface area contributed by atoms with E-state index in [1.54, 1.807) is 60.7 Å². The Bertz CT molecular complexity index is 1100. The van der Waals surface area contributed by atoms with E-state index in [1.807, 2.05) is 30.3 Å². The molecule has 162 valence electrons. The molecule has 1 atom stereocenters. The smallest absolute Gasteiger partial charge is 0.354 e. The average Bonchev–Trinajstić information content (AvgIpc) is 3.28. The molecule has 2 aromatic carbocycles. The maximum absolute atomic E-state index is 13.1. The Labute approximate surface area is 185 Å². The minimum atomic E-state index is -0.676. The van der Waals surface area contributed by atoms with Crippen molar-refractivity contribution in [3.63, 3.8) is 0 Å². The predicted molar refractivity (Wildman–Crippen MR) is 121 cm³/mol. The van der Waals surface area contributed by atoms with Gasteiger partial charge in [-0.05, 0) is 55.5 Å². The molecular weight excluding hydrogens is 408 g/mol. The monoisotopic (exact) mass is 430 g/mol. The van der Waals surface area contributed by atoms with E-state index >= 15 is 0 Å². The number of pyridine rings is 1. The minimum absolute atomic E-state index is 0.156. The highest BCUT2D eigenvalue weighted by Gasteiger charge is 2.36. The first-order chi connectivity index (χ1) is 15.6. The minimum Gasteiger partial charge on any atom is -0.461 e. The number of nitrogens with one attached hydrogen (secondary N) is 1. The number of hydrogen-bond donors (Lipinski definition) is 1. The highest BCUT2D eigenvalue weighted by molar-refractivity contribution is 6.38. The molecule has 1 aliphatic heterocycles. The molecule has 1 unspecified atom stereocenters. The first-order valence-electron chi connectivity index (χ1n) is 10.2. The van der Waals surface area contributed by atoms with Gasteiger partial charge < -0.3 is 14.8 Å². The second-order valence-electron chi connectivity index (χ2n) is 6.97. The lowest BCUT2D eigenvalue weighted by molar-refractivity contribution is -0.135. The van der Waals surface area contributed by atoms with Crippen LogP contribution in [-0.2, 0) is 14.3 Å². The molecule has 0 fully saturated rings. The van der Waals surface area contributed by atoms with Crippen molar-refractivity contribution >= 4 is 29.0 Å². The van der Waals surface area contributed by atoms with E-state index in [-0.39, 0.29) is 24.6 Å². The largest absolute Gasteiger partial charge is 0.461 e. The Morgan fingerprint density at radius 1 is 1.00 bits per heavy atom. The van der Waals surface area contributed by atoms with E-state index in [0.717, 1.165) is 0 Å². The third-order valence-electron chi connectivity index (χ3n) is 4.75. The van der Waals surface area contributed by atoms with Gasteiger partial charge in [-0.3, -0.25) is 14.8 Å². The zero-order valence-corrected chi connectivity index (χ0v) is 17.5. The van der Waals surface area contributed by atoms with Crippen LogP contribution in [-0.4, -0.2) is 35.2 Å². The number of benzene rings is 2. The molecule has 0 saturated heterocycles. The summed E-state index contributed by atoms with van der Waals surface area (Å²) in [6, 6.07) is 19.1. The topological polar surface area (TPSA) is 93.1 Å². The van der Waals surface area contributed by atoms with Gasteiger partial charge in [0.05, 0.1) is 12.3 Å². The van der Waals surface area contributed by atoms with Crippen molar-refractivity contribution in [1.29, 1.82) is 0 Å². The number of carbonyl (C=O) groups is 2. The Morgan fingerprint density at radius 2 is 1.69 bits per heavy atom. The number of amides is 1. The van der Waals surface area contributed by atoms with Gasteiger partial charge in [0.1, 0.15) is 23.3 Å². The van der Waals surface area contributed by atoms with Crippen molar-refractivity contribution in [2.45, 2.75) is 19.4 Å². The molecule has 0 bridgehead atoms. The number of ether oxygens (including phenoxy) is 2. The second-order valence-corrected chi connectivity index (χ2v) is 6.97. The Balaban J connectivity index is 1.47. The predicted octanol–water partition coefficient (Wildman–Crippen LogP) is 4.01. The fourth-order valence-corrected chi connectivity index (χ4v) is 3.25. The molecule has 1 aromatic heterocycles. The van der Waals surface area contributed by atoms with Crippen molar-refractivity contribution in [2.75, 3.05) is 16.9 Å². The van der Waals surface area contributed by atoms with Crippen molar-refractivity contribution in [3.8, 4) is 11.5 Å². The number of hydrazone groups is 1. The van der Waals surface area contributed by atoms with Crippen LogP contribution in [0, 0.1) is 0 Å². The van der Waals surface area contributed by atoms with Crippen LogP contribution in [0.1, 0.15) is 13.3 Å². The van der Waals surface area contributed by atoms with E-state index in [4.69, 9.17) is 9.47 Å². The van der Waals surface area contributed by atoms with Crippen LogP contribution < -0.4 is 15.1 Å². The van der Waals surface area contributed by atoms with Crippen LogP contribution in [0.5, 0.6) is 11.5 Å².